The highest BCUT2D eigenvalue weighted by Crippen LogP contribution is 2.08. The molecule has 13 heavy (non-hydrogen) atoms. The fourth-order valence-electron chi connectivity index (χ4n) is 0.742. The molecule has 0 heterocycles. The van der Waals surface area contributed by atoms with Crippen LogP contribution in [0.5, 0.6) is 0 Å². The molecule has 0 saturated carbocycles. The average Bonchev–Trinajstić information content (AvgIpc) is 2.16. The molecule has 0 unspecified atom stereocenters. The van der Waals surface area contributed by atoms with Gasteiger partial charge in [0.15, 0.2) is 6.67 Å². The van der Waals surface area contributed by atoms with Gasteiger partial charge in [-0.1, -0.05) is 0 Å². The molecule has 0 bridgehead atoms. The van der Waals surface area contributed by atoms with Crippen LogP contribution in [0.15, 0.2) is 24.3 Å². The number of amides is 1. The van der Waals surface area contributed by atoms with Crippen molar-refractivity contribution in [1.82, 2.24) is 5.43 Å². The first-order valence-electron chi connectivity index (χ1n) is 3.68. The molecule has 0 radical (unpaired) electrons. The Balaban J connectivity index is 2.46. The number of rotatable bonds is 3. The second-order valence-corrected chi connectivity index (χ2v) is 2.43. The van der Waals surface area contributed by atoms with Crippen LogP contribution in [0.4, 0.5) is 15.8 Å². The van der Waals surface area contributed by atoms with E-state index >= 15 is 0 Å². The van der Waals surface area contributed by atoms with E-state index in [9.17, 15) is 9.18 Å². The summed E-state index contributed by atoms with van der Waals surface area (Å²) in [4.78, 5) is 10.5. The SMILES string of the molecule is Nc1ccc(NNC(=O)CF)cc1. The third-order valence-corrected chi connectivity index (χ3v) is 1.38. The molecule has 0 fully saturated rings. The molecular weight excluding hydrogens is 173 g/mol. The third kappa shape index (κ3) is 2.98. The number of benzene rings is 1. The molecule has 0 aliphatic rings. The number of nitrogens with two attached hydrogens (primary N) is 1. The van der Waals surface area contributed by atoms with Gasteiger partial charge in [0.05, 0.1) is 5.69 Å². The highest BCUT2D eigenvalue weighted by atomic mass is 19.1. The number of carbonyl (C=O) groups is 1. The Labute approximate surface area is 74.9 Å². The Hall–Kier alpha value is -1.78. The van der Waals surface area contributed by atoms with E-state index in [1.807, 2.05) is 0 Å². The summed E-state index contributed by atoms with van der Waals surface area (Å²) >= 11 is 0. The van der Waals surface area contributed by atoms with Crippen LogP contribution in [-0.4, -0.2) is 12.6 Å². The van der Waals surface area contributed by atoms with Crippen LogP contribution in [0.1, 0.15) is 0 Å². The van der Waals surface area contributed by atoms with Gasteiger partial charge in [-0.3, -0.25) is 15.6 Å². The molecule has 4 nitrogen and oxygen atoms in total. The minimum atomic E-state index is -1.04. The van der Waals surface area contributed by atoms with E-state index in [-0.39, 0.29) is 0 Å². The predicted octanol–water partition coefficient (Wildman–Crippen LogP) is 0.681. The zero-order valence-corrected chi connectivity index (χ0v) is 6.88. The number of hydrazine groups is 1. The van der Waals surface area contributed by atoms with E-state index in [0.29, 0.717) is 11.4 Å². The van der Waals surface area contributed by atoms with E-state index in [1.54, 1.807) is 24.3 Å². The minimum absolute atomic E-state index is 0.627. The summed E-state index contributed by atoms with van der Waals surface area (Å²) in [6, 6.07) is 6.69. The van der Waals surface area contributed by atoms with Gasteiger partial charge >= 0.3 is 0 Å². The van der Waals surface area contributed by atoms with Crippen molar-refractivity contribution in [3.8, 4) is 0 Å². The minimum Gasteiger partial charge on any atom is -0.399 e. The van der Waals surface area contributed by atoms with Gasteiger partial charge in [0, 0.05) is 5.69 Å². The monoisotopic (exact) mass is 183 g/mol. The van der Waals surface area contributed by atoms with Crippen molar-refractivity contribution in [1.29, 1.82) is 0 Å². The molecule has 1 aromatic rings. The third-order valence-electron chi connectivity index (χ3n) is 1.38. The maximum atomic E-state index is 11.7. The summed E-state index contributed by atoms with van der Waals surface area (Å²) in [7, 11) is 0. The molecule has 1 amide bonds. The van der Waals surface area contributed by atoms with Gasteiger partial charge in [-0.25, -0.2) is 4.39 Å². The lowest BCUT2D eigenvalue weighted by molar-refractivity contribution is -0.121. The lowest BCUT2D eigenvalue weighted by Gasteiger charge is -2.06. The van der Waals surface area contributed by atoms with Crippen molar-refractivity contribution in [2.75, 3.05) is 17.8 Å². The van der Waals surface area contributed by atoms with Gasteiger partial charge in [0.25, 0.3) is 5.91 Å². The van der Waals surface area contributed by atoms with Crippen molar-refractivity contribution in [3.05, 3.63) is 24.3 Å². The highest BCUT2D eigenvalue weighted by Gasteiger charge is 1.97. The first-order chi connectivity index (χ1) is 6.22. The molecule has 0 aliphatic carbocycles. The molecule has 0 saturated heterocycles. The number of anilines is 2. The Kier molecular flexibility index (Phi) is 3.08. The Morgan fingerprint density at radius 2 is 2.00 bits per heavy atom. The van der Waals surface area contributed by atoms with Crippen LogP contribution in [0.25, 0.3) is 0 Å². The number of nitrogen functional groups attached to an aromatic ring is 1. The molecule has 4 N–H and O–H groups in total. The molecule has 0 atom stereocenters. The lowest BCUT2D eigenvalue weighted by atomic mass is 10.3. The number of halogens is 1. The smallest absolute Gasteiger partial charge is 0.269 e. The van der Waals surface area contributed by atoms with Crippen LogP contribution in [0.3, 0.4) is 0 Å². The number of nitrogens with one attached hydrogen (secondary N) is 2. The van der Waals surface area contributed by atoms with Crippen LogP contribution in [0, 0.1) is 0 Å². The van der Waals surface area contributed by atoms with E-state index in [1.165, 1.54) is 0 Å². The summed E-state index contributed by atoms with van der Waals surface area (Å²) in [6.07, 6.45) is 0. The van der Waals surface area contributed by atoms with E-state index < -0.39 is 12.6 Å². The number of hydrogen-bond donors (Lipinski definition) is 3. The summed E-state index contributed by atoms with van der Waals surface area (Å²) in [6.45, 7) is -1.04. The van der Waals surface area contributed by atoms with E-state index in [0.717, 1.165) is 0 Å². The quantitative estimate of drug-likeness (QED) is 0.477. The molecule has 0 spiro atoms. The molecule has 0 aliphatic heterocycles. The highest BCUT2D eigenvalue weighted by molar-refractivity contribution is 5.78. The number of alkyl halides is 1. The Bertz CT molecular complexity index is 286. The second-order valence-electron chi connectivity index (χ2n) is 2.43. The van der Waals surface area contributed by atoms with Gasteiger partial charge in [0.1, 0.15) is 0 Å². The Morgan fingerprint density at radius 1 is 1.38 bits per heavy atom. The van der Waals surface area contributed by atoms with Crippen molar-refractivity contribution >= 4 is 17.3 Å². The van der Waals surface area contributed by atoms with Gasteiger partial charge in [-0.2, -0.15) is 0 Å². The number of carbonyl (C=O) groups excluding carboxylic acids is 1. The van der Waals surface area contributed by atoms with E-state index in [4.69, 9.17) is 5.73 Å². The molecular formula is C8H10FN3O. The molecule has 0 aromatic heterocycles. The second kappa shape index (κ2) is 4.30. The summed E-state index contributed by atoms with van der Waals surface area (Å²) in [5, 5.41) is 0. The summed E-state index contributed by atoms with van der Waals surface area (Å²) in [5.74, 6) is -0.711. The van der Waals surface area contributed by atoms with Gasteiger partial charge < -0.3 is 5.73 Å². The predicted molar refractivity (Wildman–Crippen MR) is 48.6 cm³/mol. The molecule has 1 rings (SSSR count). The zero-order valence-electron chi connectivity index (χ0n) is 6.88. The maximum Gasteiger partial charge on any atom is 0.269 e. The molecule has 5 heteroatoms. The van der Waals surface area contributed by atoms with Crippen molar-refractivity contribution in [2.45, 2.75) is 0 Å². The van der Waals surface area contributed by atoms with Crippen molar-refractivity contribution in [3.63, 3.8) is 0 Å². The molecule has 1 aromatic carbocycles. The lowest BCUT2D eigenvalue weighted by Crippen LogP contribution is -2.30. The van der Waals surface area contributed by atoms with Crippen LogP contribution in [-0.2, 0) is 4.79 Å². The average molecular weight is 183 g/mol. The van der Waals surface area contributed by atoms with Crippen LogP contribution in [0.2, 0.25) is 0 Å². The first kappa shape index (κ1) is 9.31. The zero-order chi connectivity index (χ0) is 9.68. The summed E-state index contributed by atoms with van der Waals surface area (Å²) < 4.78 is 11.7. The first-order valence-corrected chi connectivity index (χ1v) is 3.68. The number of hydrogen-bond acceptors (Lipinski definition) is 3. The van der Waals surface area contributed by atoms with E-state index in [2.05, 4.69) is 10.9 Å². The van der Waals surface area contributed by atoms with Crippen LogP contribution >= 0.6 is 0 Å². The van der Waals surface area contributed by atoms with Crippen LogP contribution < -0.4 is 16.6 Å². The van der Waals surface area contributed by atoms with Gasteiger partial charge in [-0.15, -0.1) is 0 Å². The van der Waals surface area contributed by atoms with Crippen molar-refractivity contribution < 1.29 is 9.18 Å². The summed E-state index contributed by atoms with van der Waals surface area (Å²) in [5.41, 5.74) is 11.4. The normalized spacial score (nSPS) is 9.31. The van der Waals surface area contributed by atoms with Gasteiger partial charge in [0.2, 0.25) is 0 Å². The van der Waals surface area contributed by atoms with Gasteiger partial charge in [-0.05, 0) is 24.3 Å². The standard InChI is InChI=1S/C8H10FN3O/c9-5-8(13)12-11-7-3-1-6(10)2-4-7/h1-4,11H,5,10H2,(H,12,13). The Morgan fingerprint density at radius 3 is 2.54 bits per heavy atom. The fraction of sp³-hybridized carbons (Fsp3) is 0.125. The molecule has 70 valence electrons. The van der Waals surface area contributed by atoms with Crippen molar-refractivity contribution in [2.24, 2.45) is 0 Å². The largest absolute Gasteiger partial charge is 0.399 e. The topological polar surface area (TPSA) is 67.2 Å². The maximum absolute atomic E-state index is 11.7. The fourth-order valence-corrected chi connectivity index (χ4v) is 0.742.